The predicted octanol–water partition coefficient (Wildman–Crippen LogP) is 1.56. The summed E-state index contributed by atoms with van der Waals surface area (Å²) in [6.07, 6.45) is 1.31. The summed E-state index contributed by atoms with van der Waals surface area (Å²) in [4.78, 5) is 0. The predicted molar refractivity (Wildman–Crippen MR) is 45.7 cm³/mol. The molecule has 1 aromatic carbocycles. The second-order valence-electron chi connectivity index (χ2n) is 1.89. The molecule has 0 atom stereocenters. The molecule has 1 aromatic rings. The van der Waals surface area contributed by atoms with Gasteiger partial charge in [0.05, 0.1) is 0 Å². The topological polar surface area (TPSA) is 73.1 Å². The van der Waals surface area contributed by atoms with Crippen LogP contribution in [0.25, 0.3) is 0 Å². The van der Waals surface area contributed by atoms with Gasteiger partial charge in [-0.25, -0.2) is 0 Å². The summed E-state index contributed by atoms with van der Waals surface area (Å²) in [5, 5.41) is 27.3. The Morgan fingerprint density at radius 1 is 1.08 bits per heavy atom. The number of oxime groups is 1. The third-order valence-electron chi connectivity index (χ3n) is 0.965. The van der Waals surface area contributed by atoms with E-state index in [2.05, 4.69) is 5.16 Å². The molecule has 0 bridgehead atoms. The Labute approximate surface area is 70.4 Å². The van der Waals surface area contributed by atoms with Crippen molar-refractivity contribution in [1.29, 1.82) is 0 Å². The second-order valence-corrected chi connectivity index (χ2v) is 1.89. The van der Waals surface area contributed by atoms with Gasteiger partial charge in [-0.3, -0.25) is 0 Å². The molecule has 0 spiro atoms. The summed E-state index contributed by atoms with van der Waals surface area (Å²) in [5.74, 6) is 0.339. The number of phenolic OH excluding ortho intramolecular Hbond substituents is 2. The van der Waals surface area contributed by atoms with E-state index in [1.54, 1.807) is 6.92 Å². The largest absolute Gasteiger partial charge is 0.508 e. The first-order valence-corrected chi connectivity index (χ1v) is 3.30. The molecule has 4 nitrogen and oxygen atoms in total. The first kappa shape index (κ1) is 10.3. The van der Waals surface area contributed by atoms with Crippen LogP contribution < -0.4 is 0 Å². The Kier molecular flexibility index (Phi) is 5.17. The van der Waals surface area contributed by atoms with Crippen LogP contribution in [0.2, 0.25) is 0 Å². The Morgan fingerprint density at radius 3 is 1.50 bits per heavy atom. The van der Waals surface area contributed by atoms with E-state index in [-0.39, 0.29) is 11.5 Å². The van der Waals surface area contributed by atoms with Crippen molar-refractivity contribution in [2.75, 3.05) is 0 Å². The van der Waals surface area contributed by atoms with Crippen LogP contribution in [0.3, 0.4) is 0 Å². The quantitative estimate of drug-likeness (QED) is 0.239. The number of nitrogens with zero attached hydrogens (tertiary/aromatic N) is 1. The monoisotopic (exact) mass is 169 g/mol. The zero-order valence-electron chi connectivity index (χ0n) is 6.68. The van der Waals surface area contributed by atoms with E-state index in [1.807, 2.05) is 0 Å². The van der Waals surface area contributed by atoms with Crippen molar-refractivity contribution < 1.29 is 15.4 Å². The molecule has 0 saturated heterocycles. The molecule has 0 heterocycles. The fourth-order valence-electron chi connectivity index (χ4n) is 0.453. The van der Waals surface area contributed by atoms with Gasteiger partial charge in [-0.05, 0) is 31.2 Å². The first-order chi connectivity index (χ1) is 5.70. The summed E-state index contributed by atoms with van der Waals surface area (Å²) < 4.78 is 0. The standard InChI is InChI=1S/C6H6O2.C2H5NO/c7-5-1-2-6(8)4-3-5;1-2-3-4/h1-4,7-8H;2,4H,1H3/b;3-2+. The number of phenols is 2. The molecule has 0 amide bonds. The summed E-state index contributed by atoms with van der Waals surface area (Å²) >= 11 is 0. The van der Waals surface area contributed by atoms with Crippen LogP contribution >= 0.6 is 0 Å². The molecule has 1 rings (SSSR count). The highest BCUT2D eigenvalue weighted by Gasteiger charge is 1.84. The van der Waals surface area contributed by atoms with E-state index >= 15 is 0 Å². The minimum atomic E-state index is 0.169. The lowest BCUT2D eigenvalue weighted by molar-refractivity contribution is 0.321. The maximum absolute atomic E-state index is 8.65. The lowest BCUT2D eigenvalue weighted by Gasteiger charge is -1.88. The Balaban J connectivity index is 0.000000261. The van der Waals surface area contributed by atoms with Crippen molar-refractivity contribution in [3.8, 4) is 11.5 Å². The van der Waals surface area contributed by atoms with Crippen LogP contribution in [0, 0.1) is 0 Å². The summed E-state index contributed by atoms with van der Waals surface area (Å²) in [6, 6.07) is 5.70. The van der Waals surface area contributed by atoms with Gasteiger partial charge < -0.3 is 15.4 Å². The molecule has 0 aromatic heterocycles. The molecule has 0 unspecified atom stereocenters. The van der Waals surface area contributed by atoms with Crippen LogP contribution in [0.5, 0.6) is 11.5 Å². The van der Waals surface area contributed by atoms with Crippen molar-refractivity contribution >= 4 is 6.21 Å². The molecule has 3 N–H and O–H groups in total. The van der Waals surface area contributed by atoms with E-state index in [9.17, 15) is 0 Å². The molecule has 4 heteroatoms. The summed E-state index contributed by atoms with van der Waals surface area (Å²) in [6.45, 7) is 1.64. The minimum Gasteiger partial charge on any atom is -0.508 e. The number of rotatable bonds is 0. The van der Waals surface area contributed by atoms with Gasteiger partial charge >= 0.3 is 0 Å². The van der Waals surface area contributed by atoms with E-state index in [0.29, 0.717) is 0 Å². The highest BCUT2D eigenvalue weighted by Crippen LogP contribution is 2.13. The van der Waals surface area contributed by atoms with Crippen LogP contribution in [-0.4, -0.2) is 21.6 Å². The van der Waals surface area contributed by atoms with E-state index in [4.69, 9.17) is 15.4 Å². The van der Waals surface area contributed by atoms with E-state index in [0.717, 1.165) is 0 Å². The lowest BCUT2D eigenvalue weighted by Crippen LogP contribution is -1.61. The van der Waals surface area contributed by atoms with Crippen LogP contribution in [0.1, 0.15) is 6.92 Å². The molecule has 12 heavy (non-hydrogen) atoms. The van der Waals surface area contributed by atoms with Gasteiger partial charge in [0.15, 0.2) is 0 Å². The number of aromatic hydroxyl groups is 2. The fourth-order valence-corrected chi connectivity index (χ4v) is 0.453. The molecule has 0 radical (unpaired) electrons. The van der Waals surface area contributed by atoms with E-state index in [1.165, 1.54) is 30.5 Å². The maximum Gasteiger partial charge on any atom is 0.115 e. The van der Waals surface area contributed by atoms with Gasteiger partial charge in [0.1, 0.15) is 11.5 Å². The van der Waals surface area contributed by atoms with Crippen molar-refractivity contribution in [1.82, 2.24) is 0 Å². The van der Waals surface area contributed by atoms with Crippen LogP contribution in [0.4, 0.5) is 0 Å². The van der Waals surface area contributed by atoms with Crippen molar-refractivity contribution in [2.24, 2.45) is 5.16 Å². The van der Waals surface area contributed by atoms with E-state index < -0.39 is 0 Å². The normalized spacial score (nSPS) is 9.08. The van der Waals surface area contributed by atoms with Gasteiger partial charge in [0, 0.05) is 6.21 Å². The van der Waals surface area contributed by atoms with Gasteiger partial charge in [0.25, 0.3) is 0 Å². The Bertz CT molecular complexity index is 206. The third kappa shape index (κ3) is 5.10. The van der Waals surface area contributed by atoms with Gasteiger partial charge in [-0.15, -0.1) is 5.16 Å². The molecule has 0 saturated carbocycles. The molecular weight excluding hydrogens is 158 g/mol. The molecule has 66 valence electrons. The Hall–Kier alpha value is -1.71. The zero-order valence-corrected chi connectivity index (χ0v) is 6.68. The number of hydrogen-bond acceptors (Lipinski definition) is 4. The van der Waals surface area contributed by atoms with Crippen LogP contribution in [0.15, 0.2) is 29.4 Å². The molecule has 0 aliphatic carbocycles. The lowest BCUT2D eigenvalue weighted by atomic mass is 10.3. The Morgan fingerprint density at radius 2 is 1.33 bits per heavy atom. The maximum atomic E-state index is 8.65. The highest BCUT2D eigenvalue weighted by molar-refractivity contribution is 5.51. The smallest absolute Gasteiger partial charge is 0.115 e. The average Bonchev–Trinajstić information content (AvgIpc) is 2.11. The fraction of sp³-hybridized carbons (Fsp3) is 0.125. The van der Waals surface area contributed by atoms with Gasteiger partial charge in [0.2, 0.25) is 0 Å². The average molecular weight is 169 g/mol. The molecular formula is C8H11NO3. The SMILES string of the molecule is C/C=N/O.Oc1ccc(O)cc1. The first-order valence-electron chi connectivity index (χ1n) is 3.30. The zero-order chi connectivity index (χ0) is 9.40. The van der Waals surface area contributed by atoms with Gasteiger partial charge in [-0.2, -0.15) is 0 Å². The van der Waals surface area contributed by atoms with Crippen molar-refractivity contribution in [3.63, 3.8) is 0 Å². The molecule has 0 aliphatic rings. The van der Waals surface area contributed by atoms with Crippen molar-refractivity contribution in [3.05, 3.63) is 24.3 Å². The summed E-state index contributed by atoms with van der Waals surface area (Å²) in [7, 11) is 0. The summed E-state index contributed by atoms with van der Waals surface area (Å²) in [5.41, 5.74) is 0. The molecule has 0 fully saturated rings. The highest BCUT2D eigenvalue weighted by atomic mass is 16.4. The van der Waals surface area contributed by atoms with Crippen molar-refractivity contribution in [2.45, 2.75) is 6.92 Å². The number of hydrogen-bond donors (Lipinski definition) is 3. The second kappa shape index (κ2) is 6.03. The van der Waals surface area contributed by atoms with Gasteiger partial charge in [-0.1, -0.05) is 0 Å². The molecule has 0 aliphatic heterocycles. The third-order valence-corrected chi connectivity index (χ3v) is 0.965. The number of benzene rings is 1. The van der Waals surface area contributed by atoms with Crippen LogP contribution in [-0.2, 0) is 0 Å². The minimum absolute atomic E-state index is 0.169.